The van der Waals surface area contributed by atoms with E-state index in [1.54, 1.807) is 0 Å². The Kier molecular flexibility index (Phi) is 5.46. The van der Waals surface area contributed by atoms with Gasteiger partial charge in [0.15, 0.2) is 0 Å². The van der Waals surface area contributed by atoms with Gasteiger partial charge in [0.2, 0.25) is 5.91 Å². The van der Waals surface area contributed by atoms with Crippen LogP contribution in [0.25, 0.3) is 10.9 Å². The van der Waals surface area contributed by atoms with E-state index in [1.807, 2.05) is 12.3 Å². The van der Waals surface area contributed by atoms with Crippen molar-refractivity contribution in [1.82, 2.24) is 15.2 Å². The van der Waals surface area contributed by atoms with Gasteiger partial charge in [-0.3, -0.25) is 14.7 Å². The van der Waals surface area contributed by atoms with Crippen molar-refractivity contribution in [3.8, 4) is 0 Å². The van der Waals surface area contributed by atoms with E-state index in [1.165, 1.54) is 18.4 Å². The molecule has 2 unspecified atom stereocenters. The maximum absolute atomic E-state index is 12.3. The smallest absolute Gasteiger partial charge is 0.234 e. The molecule has 2 aromatic rings. The first-order valence-electron chi connectivity index (χ1n) is 9.04. The molecule has 2 heterocycles. The number of rotatable bonds is 6. The zero-order chi connectivity index (χ0) is 16.9. The molecule has 0 radical (unpaired) electrons. The molecule has 1 amide bonds. The van der Waals surface area contributed by atoms with Crippen molar-refractivity contribution >= 4 is 16.8 Å². The lowest BCUT2D eigenvalue weighted by atomic mass is 10.1. The Morgan fingerprint density at radius 1 is 1.29 bits per heavy atom. The summed E-state index contributed by atoms with van der Waals surface area (Å²) in [7, 11) is 0. The Hall–Kier alpha value is -1.94. The minimum atomic E-state index is 0.135. The molecule has 1 aromatic heterocycles. The summed E-state index contributed by atoms with van der Waals surface area (Å²) in [5, 5.41) is 4.23. The van der Waals surface area contributed by atoms with Crippen LogP contribution >= 0.6 is 0 Å². The van der Waals surface area contributed by atoms with Crippen LogP contribution in [-0.4, -0.2) is 41.0 Å². The Balaban J connectivity index is 1.53. The van der Waals surface area contributed by atoms with Gasteiger partial charge in [0.1, 0.15) is 0 Å². The van der Waals surface area contributed by atoms with Crippen molar-refractivity contribution in [2.45, 2.75) is 51.6 Å². The number of carbonyl (C=O) groups excluding carboxylic acids is 1. The van der Waals surface area contributed by atoms with Crippen LogP contribution in [0.5, 0.6) is 0 Å². The molecular weight excluding hydrogens is 298 g/mol. The number of amides is 1. The minimum absolute atomic E-state index is 0.135. The van der Waals surface area contributed by atoms with Crippen molar-refractivity contribution in [1.29, 1.82) is 0 Å². The molecule has 24 heavy (non-hydrogen) atoms. The van der Waals surface area contributed by atoms with Gasteiger partial charge < -0.3 is 5.32 Å². The average Bonchev–Trinajstić information content (AvgIpc) is 2.95. The predicted octanol–water partition coefficient (Wildman–Crippen LogP) is 3.16. The number of hydrogen-bond donors (Lipinski definition) is 1. The number of pyridine rings is 1. The molecule has 1 aliphatic heterocycles. The maximum atomic E-state index is 12.3. The van der Waals surface area contributed by atoms with Crippen molar-refractivity contribution in [2.75, 3.05) is 13.1 Å². The molecule has 1 fully saturated rings. The quantitative estimate of drug-likeness (QED) is 0.887. The lowest BCUT2D eigenvalue weighted by molar-refractivity contribution is -0.122. The normalized spacial score (nSPS) is 21.2. The number of hydrogen-bond acceptors (Lipinski definition) is 3. The van der Waals surface area contributed by atoms with Crippen LogP contribution in [0, 0.1) is 0 Å². The standard InChI is InChI=1S/C20H27N3O/c1-3-18-10-9-15(2)23(18)14-19(24)21-13-11-17-7-4-6-16-8-5-12-22-20(16)17/h4-8,12,15,18H,3,9-11,13-14H2,1-2H3,(H,21,24). The highest BCUT2D eigenvalue weighted by molar-refractivity contribution is 5.82. The summed E-state index contributed by atoms with van der Waals surface area (Å²) in [5.41, 5.74) is 2.22. The predicted molar refractivity (Wildman–Crippen MR) is 97.9 cm³/mol. The molecule has 3 rings (SSSR count). The third kappa shape index (κ3) is 3.75. The first-order valence-corrected chi connectivity index (χ1v) is 9.04. The van der Waals surface area contributed by atoms with E-state index < -0.39 is 0 Å². The van der Waals surface area contributed by atoms with Gasteiger partial charge in [0.25, 0.3) is 0 Å². The second-order valence-electron chi connectivity index (χ2n) is 6.75. The summed E-state index contributed by atoms with van der Waals surface area (Å²) in [4.78, 5) is 19.1. The van der Waals surface area contributed by atoms with Crippen molar-refractivity contribution in [3.63, 3.8) is 0 Å². The molecule has 1 aromatic carbocycles. The van der Waals surface area contributed by atoms with Crippen LogP contribution in [0.2, 0.25) is 0 Å². The van der Waals surface area contributed by atoms with Gasteiger partial charge in [-0.25, -0.2) is 0 Å². The SMILES string of the molecule is CCC1CCC(C)N1CC(=O)NCCc1cccc2cccnc12. The second-order valence-corrected chi connectivity index (χ2v) is 6.75. The molecule has 1 N–H and O–H groups in total. The fraction of sp³-hybridized carbons (Fsp3) is 0.500. The van der Waals surface area contributed by atoms with Crippen molar-refractivity contribution in [3.05, 3.63) is 42.1 Å². The van der Waals surface area contributed by atoms with Gasteiger partial charge in [-0.1, -0.05) is 31.2 Å². The largest absolute Gasteiger partial charge is 0.355 e. The molecule has 0 aliphatic carbocycles. The Bertz CT molecular complexity index is 695. The third-order valence-corrected chi connectivity index (χ3v) is 5.18. The molecular formula is C20H27N3O. The lowest BCUT2D eigenvalue weighted by Crippen LogP contribution is -2.43. The van der Waals surface area contributed by atoms with Gasteiger partial charge in [-0.15, -0.1) is 0 Å². The molecule has 2 atom stereocenters. The zero-order valence-electron chi connectivity index (χ0n) is 14.7. The number of fused-ring (bicyclic) bond motifs is 1. The lowest BCUT2D eigenvalue weighted by Gasteiger charge is -2.26. The number of para-hydroxylation sites is 1. The summed E-state index contributed by atoms with van der Waals surface area (Å²) in [6.07, 6.45) is 6.18. The molecule has 1 aliphatic rings. The first-order chi connectivity index (χ1) is 11.7. The Morgan fingerprint density at radius 2 is 2.12 bits per heavy atom. The summed E-state index contributed by atoms with van der Waals surface area (Å²) in [6.45, 7) is 5.62. The number of benzene rings is 1. The number of nitrogens with zero attached hydrogens (tertiary/aromatic N) is 2. The number of aromatic nitrogens is 1. The van der Waals surface area contributed by atoms with Crippen LogP contribution in [0.4, 0.5) is 0 Å². The first kappa shape index (κ1) is 16.9. The highest BCUT2D eigenvalue weighted by atomic mass is 16.2. The fourth-order valence-corrected chi connectivity index (χ4v) is 3.78. The van der Waals surface area contributed by atoms with Gasteiger partial charge in [-0.2, -0.15) is 0 Å². The molecule has 0 saturated carbocycles. The van der Waals surface area contributed by atoms with E-state index in [-0.39, 0.29) is 5.91 Å². The molecule has 4 heteroatoms. The molecule has 0 spiro atoms. The third-order valence-electron chi connectivity index (χ3n) is 5.18. The van der Waals surface area contributed by atoms with E-state index in [0.29, 0.717) is 25.2 Å². The highest BCUT2D eigenvalue weighted by Gasteiger charge is 2.30. The molecule has 0 bridgehead atoms. The van der Waals surface area contributed by atoms with Gasteiger partial charge in [0, 0.05) is 30.2 Å². The summed E-state index contributed by atoms with van der Waals surface area (Å²) in [5.74, 6) is 0.135. The van der Waals surface area contributed by atoms with Gasteiger partial charge in [0.05, 0.1) is 12.1 Å². The minimum Gasteiger partial charge on any atom is -0.355 e. The Labute approximate surface area is 144 Å². The summed E-state index contributed by atoms with van der Waals surface area (Å²) in [6, 6.07) is 11.3. The van der Waals surface area contributed by atoms with Crippen LogP contribution in [0.1, 0.15) is 38.7 Å². The van der Waals surface area contributed by atoms with E-state index in [9.17, 15) is 4.79 Å². The monoisotopic (exact) mass is 325 g/mol. The fourth-order valence-electron chi connectivity index (χ4n) is 3.78. The molecule has 4 nitrogen and oxygen atoms in total. The Morgan fingerprint density at radius 3 is 2.96 bits per heavy atom. The number of likely N-dealkylation sites (tertiary alicyclic amines) is 1. The van der Waals surface area contributed by atoms with E-state index in [2.05, 4.69) is 53.3 Å². The zero-order valence-corrected chi connectivity index (χ0v) is 14.7. The summed E-state index contributed by atoms with van der Waals surface area (Å²) < 4.78 is 0. The van der Waals surface area contributed by atoms with Crippen molar-refractivity contribution in [2.24, 2.45) is 0 Å². The van der Waals surface area contributed by atoms with Crippen LogP contribution < -0.4 is 5.32 Å². The number of carbonyl (C=O) groups is 1. The maximum Gasteiger partial charge on any atom is 0.234 e. The highest BCUT2D eigenvalue weighted by Crippen LogP contribution is 2.25. The van der Waals surface area contributed by atoms with Crippen LogP contribution in [0.15, 0.2) is 36.5 Å². The van der Waals surface area contributed by atoms with Crippen LogP contribution in [0.3, 0.4) is 0 Å². The van der Waals surface area contributed by atoms with Crippen LogP contribution in [-0.2, 0) is 11.2 Å². The molecule has 128 valence electrons. The van der Waals surface area contributed by atoms with E-state index in [4.69, 9.17) is 0 Å². The average molecular weight is 325 g/mol. The van der Waals surface area contributed by atoms with Gasteiger partial charge in [-0.05, 0) is 44.2 Å². The van der Waals surface area contributed by atoms with E-state index >= 15 is 0 Å². The topological polar surface area (TPSA) is 45.2 Å². The number of nitrogens with one attached hydrogen (secondary N) is 1. The van der Waals surface area contributed by atoms with Gasteiger partial charge >= 0.3 is 0 Å². The second kappa shape index (κ2) is 7.75. The van der Waals surface area contributed by atoms with Crippen molar-refractivity contribution < 1.29 is 4.79 Å². The summed E-state index contributed by atoms with van der Waals surface area (Å²) >= 11 is 0. The van der Waals surface area contributed by atoms with E-state index in [0.717, 1.165) is 23.7 Å². The molecule has 1 saturated heterocycles.